The van der Waals surface area contributed by atoms with Gasteiger partial charge in [0, 0.05) is 43.4 Å². The van der Waals surface area contributed by atoms with Gasteiger partial charge in [-0.05, 0) is 61.4 Å². The first kappa shape index (κ1) is 27.0. The molecule has 37 heavy (non-hydrogen) atoms. The fourth-order valence-electron chi connectivity index (χ4n) is 4.40. The minimum atomic E-state index is -3.94. The summed E-state index contributed by atoms with van der Waals surface area (Å²) in [6.45, 7) is 6.36. The molecule has 1 fully saturated rings. The number of carbonyl (C=O) groups is 1. The molecule has 3 aromatic rings. The van der Waals surface area contributed by atoms with Crippen LogP contribution in [0.2, 0.25) is 5.02 Å². The summed E-state index contributed by atoms with van der Waals surface area (Å²) in [5.41, 5.74) is 2.55. The van der Waals surface area contributed by atoms with Gasteiger partial charge in [0.2, 0.25) is 15.9 Å². The van der Waals surface area contributed by atoms with Crippen LogP contribution in [0.1, 0.15) is 18.1 Å². The van der Waals surface area contributed by atoms with Gasteiger partial charge in [0.05, 0.1) is 18.0 Å². The maximum atomic E-state index is 13.7. The first-order chi connectivity index (χ1) is 17.8. The van der Waals surface area contributed by atoms with E-state index in [0.29, 0.717) is 43.6 Å². The van der Waals surface area contributed by atoms with Crippen molar-refractivity contribution in [2.45, 2.75) is 25.3 Å². The molecule has 0 N–H and O–H groups in total. The van der Waals surface area contributed by atoms with Crippen molar-refractivity contribution in [3.05, 3.63) is 88.9 Å². The maximum absolute atomic E-state index is 13.7. The van der Waals surface area contributed by atoms with Gasteiger partial charge in [0.15, 0.2) is 0 Å². The van der Waals surface area contributed by atoms with Crippen molar-refractivity contribution in [3.8, 4) is 5.75 Å². The molecule has 0 aromatic heterocycles. The Bertz CT molecular complexity index is 1330. The highest BCUT2D eigenvalue weighted by molar-refractivity contribution is 7.89. The molecular formula is C28H32ClN3O4S. The average Bonchev–Trinajstić information content (AvgIpc) is 2.90. The Labute approximate surface area is 224 Å². The second-order valence-electron chi connectivity index (χ2n) is 8.97. The summed E-state index contributed by atoms with van der Waals surface area (Å²) in [6.07, 6.45) is 0. The molecule has 0 aliphatic carbocycles. The van der Waals surface area contributed by atoms with Crippen LogP contribution in [0.5, 0.6) is 5.75 Å². The van der Waals surface area contributed by atoms with Crippen LogP contribution in [0.25, 0.3) is 0 Å². The molecule has 0 atom stereocenters. The SMILES string of the molecule is CCOc1ccc(S(=O)(=O)N(CC(=O)N2CCN(c3cccc(Cl)c3)CC2)Cc2ccccc2)cc1C. The van der Waals surface area contributed by atoms with Crippen LogP contribution < -0.4 is 9.64 Å². The van der Waals surface area contributed by atoms with Crippen LogP contribution in [0.15, 0.2) is 77.7 Å². The lowest BCUT2D eigenvalue weighted by Crippen LogP contribution is -2.51. The molecule has 3 aromatic carbocycles. The standard InChI is InChI=1S/C28H32ClN3O4S/c1-3-36-27-13-12-26(18-22(27)2)37(34,35)32(20-23-8-5-4-6-9-23)21-28(33)31-16-14-30(15-17-31)25-11-7-10-24(29)19-25/h4-13,18-19H,3,14-17,20-21H2,1-2H3. The summed E-state index contributed by atoms with van der Waals surface area (Å²) in [4.78, 5) is 17.4. The molecule has 0 spiro atoms. The summed E-state index contributed by atoms with van der Waals surface area (Å²) in [5, 5.41) is 0.669. The summed E-state index contributed by atoms with van der Waals surface area (Å²) in [6, 6.07) is 21.8. The van der Waals surface area contributed by atoms with Crippen LogP contribution in [-0.2, 0) is 21.4 Å². The highest BCUT2D eigenvalue weighted by Crippen LogP contribution is 2.26. The lowest BCUT2D eigenvalue weighted by atomic mass is 10.2. The molecule has 0 unspecified atom stereocenters. The molecular weight excluding hydrogens is 510 g/mol. The van der Waals surface area contributed by atoms with Gasteiger partial charge >= 0.3 is 0 Å². The number of sulfonamides is 1. The number of carbonyl (C=O) groups excluding carboxylic acids is 1. The van der Waals surface area contributed by atoms with Crippen LogP contribution in [0, 0.1) is 6.92 Å². The molecule has 1 heterocycles. The van der Waals surface area contributed by atoms with Gasteiger partial charge in [0.1, 0.15) is 5.75 Å². The Hall–Kier alpha value is -3.07. The van der Waals surface area contributed by atoms with E-state index in [1.165, 1.54) is 4.31 Å². The first-order valence-corrected chi connectivity index (χ1v) is 14.2. The lowest BCUT2D eigenvalue weighted by molar-refractivity contribution is -0.131. The van der Waals surface area contributed by atoms with E-state index >= 15 is 0 Å². The molecule has 0 bridgehead atoms. The summed E-state index contributed by atoms with van der Waals surface area (Å²) >= 11 is 6.13. The Morgan fingerprint density at radius 2 is 1.70 bits per heavy atom. The van der Waals surface area contributed by atoms with E-state index in [1.54, 1.807) is 23.1 Å². The zero-order valence-corrected chi connectivity index (χ0v) is 22.7. The number of rotatable bonds is 9. The zero-order chi connectivity index (χ0) is 26.4. The van der Waals surface area contributed by atoms with Crippen molar-refractivity contribution in [3.63, 3.8) is 0 Å². The average molecular weight is 542 g/mol. The largest absolute Gasteiger partial charge is 0.494 e. The number of aryl methyl sites for hydroxylation is 1. The molecule has 196 valence electrons. The van der Waals surface area contributed by atoms with E-state index < -0.39 is 10.0 Å². The van der Waals surface area contributed by atoms with Gasteiger partial charge in [-0.3, -0.25) is 4.79 Å². The Balaban J connectivity index is 1.51. The molecule has 1 saturated heterocycles. The smallest absolute Gasteiger partial charge is 0.243 e. The summed E-state index contributed by atoms with van der Waals surface area (Å²) < 4.78 is 34.3. The summed E-state index contributed by atoms with van der Waals surface area (Å²) in [7, 11) is -3.94. The fraction of sp³-hybridized carbons (Fsp3) is 0.321. The normalized spacial score (nSPS) is 14.2. The van der Waals surface area contributed by atoms with E-state index in [2.05, 4.69) is 4.90 Å². The Kier molecular flexibility index (Phi) is 8.74. The predicted molar refractivity (Wildman–Crippen MR) is 147 cm³/mol. The highest BCUT2D eigenvalue weighted by Gasteiger charge is 2.30. The van der Waals surface area contributed by atoms with Crippen LogP contribution in [0.4, 0.5) is 5.69 Å². The number of piperazine rings is 1. The molecule has 1 aliphatic heterocycles. The molecule has 0 saturated carbocycles. The lowest BCUT2D eigenvalue weighted by Gasteiger charge is -2.37. The van der Waals surface area contributed by atoms with Crippen molar-refractivity contribution in [1.82, 2.24) is 9.21 Å². The molecule has 1 aliphatic rings. The topological polar surface area (TPSA) is 70.2 Å². The molecule has 1 amide bonds. The number of anilines is 1. The monoisotopic (exact) mass is 541 g/mol. The van der Waals surface area contributed by atoms with Crippen LogP contribution >= 0.6 is 11.6 Å². The molecule has 0 radical (unpaired) electrons. The first-order valence-electron chi connectivity index (χ1n) is 12.3. The minimum absolute atomic E-state index is 0.101. The third-order valence-electron chi connectivity index (χ3n) is 6.40. The third-order valence-corrected chi connectivity index (χ3v) is 8.43. The van der Waals surface area contributed by atoms with Gasteiger partial charge in [0.25, 0.3) is 0 Å². The van der Waals surface area contributed by atoms with Crippen molar-refractivity contribution >= 4 is 33.2 Å². The number of benzene rings is 3. The Morgan fingerprint density at radius 1 is 0.973 bits per heavy atom. The van der Waals surface area contributed by atoms with Gasteiger partial charge < -0.3 is 14.5 Å². The van der Waals surface area contributed by atoms with E-state index in [9.17, 15) is 13.2 Å². The van der Waals surface area contributed by atoms with Gasteiger partial charge in [-0.2, -0.15) is 4.31 Å². The number of amides is 1. The second kappa shape index (κ2) is 12.0. The third kappa shape index (κ3) is 6.63. The summed E-state index contributed by atoms with van der Waals surface area (Å²) in [5.74, 6) is 0.428. The number of hydrogen-bond donors (Lipinski definition) is 0. The van der Waals surface area contributed by atoms with Crippen molar-refractivity contribution in [2.24, 2.45) is 0 Å². The Morgan fingerprint density at radius 3 is 2.35 bits per heavy atom. The van der Waals surface area contributed by atoms with Crippen LogP contribution in [0.3, 0.4) is 0 Å². The zero-order valence-electron chi connectivity index (χ0n) is 21.1. The van der Waals surface area contributed by atoms with Gasteiger partial charge in [-0.15, -0.1) is 0 Å². The van der Waals surface area contributed by atoms with Crippen molar-refractivity contribution in [2.75, 3.05) is 44.2 Å². The maximum Gasteiger partial charge on any atom is 0.243 e. The van der Waals surface area contributed by atoms with Crippen molar-refractivity contribution in [1.29, 1.82) is 0 Å². The van der Waals surface area contributed by atoms with Crippen LogP contribution in [-0.4, -0.2) is 62.9 Å². The number of halogens is 1. The van der Waals surface area contributed by atoms with Gasteiger partial charge in [-0.1, -0.05) is 48.0 Å². The van der Waals surface area contributed by atoms with E-state index in [-0.39, 0.29) is 23.9 Å². The van der Waals surface area contributed by atoms with E-state index in [0.717, 1.165) is 16.8 Å². The second-order valence-corrected chi connectivity index (χ2v) is 11.3. The molecule has 7 nitrogen and oxygen atoms in total. The number of hydrogen-bond acceptors (Lipinski definition) is 5. The number of nitrogens with zero attached hydrogens (tertiary/aromatic N) is 3. The molecule has 9 heteroatoms. The van der Waals surface area contributed by atoms with Gasteiger partial charge in [-0.25, -0.2) is 8.42 Å². The van der Waals surface area contributed by atoms with E-state index in [4.69, 9.17) is 16.3 Å². The number of ether oxygens (including phenoxy) is 1. The minimum Gasteiger partial charge on any atom is -0.494 e. The predicted octanol–water partition coefficient (Wildman–Crippen LogP) is 4.59. The molecule has 4 rings (SSSR count). The quantitative estimate of drug-likeness (QED) is 0.396. The fourth-order valence-corrected chi connectivity index (χ4v) is 6.05. The van der Waals surface area contributed by atoms with Crippen molar-refractivity contribution < 1.29 is 17.9 Å². The highest BCUT2D eigenvalue weighted by atomic mass is 35.5. The van der Waals surface area contributed by atoms with E-state index in [1.807, 2.05) is 68.4 Å².